The van der Waals surface area contributed by atoms with E-state index in [0.717, 1.165) is 12.1 Å². The lowest BCUT2D eigenvalue weighted by atomic mass is 10.1. The van der Waals surface area contributed by atoms with Crippen LogP contribution in [0.15, 0.2) is 78.9 Å². The average molecular weight is 478 g/mol. The van der Waals surface area contributed by atoms with E-state index in [0.29, 0.717) is 5.56 Å². The minimum absolute atomic E-state index is 0.00909. The van der Waals surface area contributed by atoms with Crippen LogP contribution < -0.4 is 14.2 Å². The molecule has 0 aromatic heterocycles. The highest BCUT2D eigenvalue weighted by Gasteiger charge is 2.16. The fraction of sp³-hybridized carbons (Fsp3) is 0.111. The van der Waals surface area contributed by atoms with Crippen molar-refractivity contribution in [3.05, 3.63) is 95.9 Å². The van der Waals surface area contributed by atoms with Gasteiger partial charge in [0.15, 0.2) is 28.8 Å². The van der Waals surface area contributed by atoms with Crippen molar-refractivity contribution in [3.63, 3.8) is 0 Å². The molecule has 0 bridgehead atoms. The molecule has 0 spiro atoms. The van der Waals surface area contributed by atoms with Crippen LogP contribution in [0.25, 0.3) is 6.08 Å². The summed E-state index contributed by atoms with van der Waals surface area (Å²) in [4.78, 5) is 47.9. The van der Waals surface area contributed by atoms with Gasteiger partial charge in [-0.25, -0.2) is 18.8 Å². The maximum atomic E-state index is 14.3. The predicted octanol–water partition coefficient (Wildman–Crippen LogP) is 5.17. The first-order chi connectivity index (χ1) is 16.4. The van der Waals surface area contributed by atoms with Crippen molar-refractivity contribution in [2.75, 3.05) is 0 Å². The number of benzene rings is 2. The van der Waals surface area contributed by atoms with Gasteiger partial charge in [0.2, 0.25) is 0 Å². The number of carbonyl (C=O) groups is 4. The highest BCUT2D eigenvalue weighted by molar-refractivity contribution is 6.07. The summed E-state index contributed by atoms with van der Waals surface area (Å²) in [6.45, 7) is 14.8. The van der Waals surface area contributed by atoms with E-state index in [-0.39, 0.29) is 39.5 Å². The molecule has 0 amide bonds. The molecular weight excluding hydrogens is 455 g/mol. The molecule has 0 saturated heterocycles. The first-order valence-corrected chi connectivity index (χ1v) is 10.2. The minimum Gasteiger partial charge on any atom is -0.420 e. The number of halogens is 1. The molecule has 7 nitrogen and oxygen atoms in total. The standard InChI is InChI=1S/C27H23FO7/c1-15(2)25(30)33-22-12-9-19(14-20(22)28)21(29)10-7-18-8-11-23(34-26(31)16(3)4)24(13-18)35-27(32)17(5)6/h7-14H,1,3,5H2,2,4,6H3/b10-7+. The quantitative estimate of drug-likeness (QED) is 0.212. The summed E-state index contributed by atoms with van der Waals surface area (Å²) in [5.74, 6) is -4.11. The topological polar surface area (TPSA) is 96.0 Å². The molecule has 0 radical (unpaired) electrons. The van der Waals surface area contributed by atoms with E-state index in [2.05, 4.69) is 19.7 Å². The lowest BCUT2D eigenvalue weighted by molar-refractivity contribution is -0.132. The monoisotopic (exact) mass is 478 g/mol. The van der Waals surface area contributed by atoms with Crippen LogP contribution in [-0.4, -0.2) is 23.7 Å². The zero-order valence-electron chi connectivity index (χ0n) is 19.5. The molecule has 2 aromatic carbocycles. The van der Waals surface area contributed by atoms with Crippen molar-refractivity contribution in [2.24, 2.45) is 0 Å². The van der Waals surface area contributed by atoms with Crippen LogP contribution in [0.2, 0.25) is 0 Å². The van der Waals surface area contributed by atoms with Crippen LogP contribution in [0.4, 0.5) is 4.39 Å². The molecule has 0 heterocycles. The van der Waals surface area contributed by atoms with Gasteiger partial charge in [0.1, 0.15) is 0 Å². The molecule has 0 N–H and O–H groups in total. The Kier molecular flexibility index (Phi) is 8.77. The lowest BCUT2D eigenvalue weighted by Crippen LogP contribution is -2.12. The first kappa shape index (κ1) is 26.7. The van der Waals surface area contributed by atoms with Crippen molar-refractivity contribution < 1.29 is 37.8 Å². The van der Waals surface area contributed by atoms with Crippen molar-refractivity contribution in [1.29, 1.82) is 0 Å². The van der Waals surface area contributed by atoms with Gasteiger partial charge < -0.3 is 14.2 Å². The molecule has 2 aromatic rings. The van der Waals surface area contributed by atoms with E-state index < -0.39 is 29.5 Å². The van der Waals surface area contributed by atoms with Crippen LogP contribution >= 0.6 is 0 Å². The van der Waals surface area contributed by atoms with Gasteiger partial charge in [-0.1, -0.05) is 31.9 Å². The van der Waals surface area contributed by atoms with E-state index in [4.69, 9.17) is 14.2 Å². The SMILES string of the molecule is C=C(C)C(=O)Oc1ccc(C(=O)/C=C/c2ccc(OC(=O)C(=C)C)c(OC(=O)C(=C)C)c2)cc1F. The molecule has 0 aliphatic carbocycles. The fourth-order valence-corrected chi connectivity index (χ4v) is 2.36. The predicted molar refractivity (Wildman–Crippen MR) is 128 cm³/mol. The number of esters is 3. The molecule has 0 unspecified atom stereocenters. The second-order valence-corrected chi connectivity index (χ2v) is 7.56. The van der Waals surface area contributed by atoms with Crippen LogP contribution in [0, 0.1) is 5.82 Å². The number of ether oxygens (including phenoxy) is 3. The van der Waals surface area contributed by atoms with Gasteiger partial charge in [0, 0.05) is 22.3 Å². The number of allylic oxidation sites excluding steroid dienone is 1. The lowest BCUT2D eigenvalue weighted by Gasteiger charge is -2.11. The van der Waals surface area contributed by atoms with E-state index in [9.17, 15) is 23.6 Å². The van der Waals surface area contributed by atoms with Gasteiger partial charge in [0.25, 0.3) is 0 Å². The summed E-state index contributed by atoms with van der Waals surface area (Å²) in [6, 6.07) is 7.69. The molecule has 0 fully saturated rings. The van der Waals surface area contributed by atoms with Crippen molar-refractivity contribution in [3.8, 4) is 17.2 Å². The smallest absolute Gasteiger partial charge is 0.338 e. The van der Waals surface area contributed by atoms with E-state index >= 15 is 0 Å². The van der Waals surface area contributed by atoms with Crippen LogP contribution in [0.3, 0.4) is 0 Å². The van der Waals surface area contributed by atoms with Crippen LogP contribution in [-0.2, 0) is 14.4 Å². The molecule has 35 heavy (non-hydrogen) atoms. The van der Waals surface area contributed by atoms with Gasteiger partial charge in [-0.15, -0.1) is 0 Å². The Balaban J connectivity index is 2.27. The Bertz CT molecular complexity index is 1280. The van der Waals surface area contributed by atoms with Crippen molar-refractivity contribution >= 4 is 29.8 Å². The maximum Gasteiger partial charge on any atom is 0.338 e. The van der Waals surface area contributed by atoms with E-state index in [1.165, 1.54) is 57.2 Å². The second-order valence-electron chi connectivity index (χ2n) is 7.56. The summed E-state index contributed by atoms with van der Waals surface area (Å²) in [7, 11) is 0. The van der Waals surface area contributed by atoms with Gasteiger partial charge in [0.05, 0.1) is 0 Å². The number of rotatable bonds is 9. The van der Waals surface area contributed by atoms with Gasteiger partial charge in [-0.05, 0) is 62.7 Å². The third kappa shape index (κ3) is 7.46. The largest absolute Gasteiger partial charge is 0.420 e. The Morgan fingerprint density at radius 2 is 1.20 bits per heavy atom. The second kappa shape index (κ2) is 11.5. The van der Waals surface area contributed by atoms with E-state index in [1.807, 2.05) is 0 Å². The zero-order valence-corrected chi connectivity index (χ0v) is 19.5. The summed E-state index contributed by atoms with van der Waals surface area (Å²) in [5.41, 5.74) is 0.795. The zero-order chi connectivity index (χ0) is 26.3. The Morgan fingerprint density at radius 3 is 1.71 bits per heavy atom. The Hall–Kier alpha value is -4.59. The highest BCUT2D eigenvalue weighted by atomic mass is 19.1. The van der Waals surface area contributed by atoms with Crippen molar-refractivity contribution in [1.82, 2.24) is 0 Å². The molecular formula is C27H23FO7. The number of ketones is 1. The number of carbonyl (C=O) groups excluding carboxylic acids is 4. The third-order valence-corrected chi connectivity index (χ3v) is 4.26. The Labute approximate surface area is 201 Å². The average Bonchev–Trinajstić information content (AvgIpc) is 2.79. The summed E-state index contributed by atoms with van der Waals surface area (Å²) in [5, 5.41) is 0. The van der Waals surface area contributed by atoms with E-state index in [1.54, 1.807) is 0 Å². The molecule has 0 atom stereocenters. The number of hydrogen-bond donors (Lipinski definition) is 0. The van der Waals surface area contributed by atoms with Gasteiger partial charge >= 0.3 is 17.9 Å². The summed E-state index contributed by atoms with van der Waals surface area (Å²) < 4.78 is 29.5. The fourth-order valence-electron chi connectivity index (χ4n) is 2.36. The Morgan fingerprint density at radius 1 is 0.714 bits per heavy atom. The maximum absolute atomic E-state index is 14.3. The molecule has 0 saturated carbocycles. The molecule has 0 aliphatic heterocycles. The minimum atomic E-state index is -0.892. The summed E-state index contributed by atoms with van der Waals surface area (Å²) in [6.07, 6.45) is 2.57. The first-order valence-electron chi connectivity index (χ1n) is 10.2. The molecule has 2 rings (SSSR count). The molecule has 8 heteroatoms. The van der Waals surface area contributed by atoms with Crippen molar-refractivity contribution in [2.45, 2.75) is 20.8 Å². The van der Waals surface area contributed by atoms with Gasteiger partial charge in [-0.3, -0.25) is 4.79 Å². The highest BCUT2D eigenvalue weighted by Crippen LogP contribution is 2.30. The third-order valence-electron chi connectivity index (χ3n) is 4.26. The van der Waals surface area contributed by atoms with Gasteiger partial charge in [-0.2, -0.15) is 0 Å². The van der Waals surface area contributed by atoms with Crippen LogP contribution in [0.1, 0.15) is 36.7 Å². The molecule has 0 aliphatic rings. The van der Waals surface area contributed by atoms with Crippen LogP contribution in [0.5, 0.6) is 17.2 Å². The normalized spacial score (nSPS) is 10.4. The molecule has 180 valence electrons. The summed E-state index contributed by atoms with van der Waals surface area (Å²) >= 11 is 0. The number of hydrogen-bond acceptors (Lipinski definition) is 7.